The molecular weight excluding hydrogens is 114 g/mol. The number of nitrogens with two attached hydrogens (primary N) is 1. The highest BCUT2D eigenvalue weighted by Gasteiger charge is 1.87. The monoisotopic (exact) mass is 129 g/mol. The standard InChI is InChI=1S/C4H9N3.C2H6/c1-3(5)4(2)7-6;1-2/h5H,6H2,1-2H3;1-2H3/b5-3?,7-4-;. The first-order chi connectivity index (χ1) is 4.18. The molecule has 0 atom stereocenters. The third-order valence-corrected chi connectivity index (χ3v) is 0.736. The number of hydrogen-bond acceptors (Lipinski definition) is 3. The molecule has 0 saturated heterocycles. The highest BCUT2D eigenvalue weighted by Crippen LogP contribution is 1.73. The van der Waals surface area contributed by atoms with E-state index in [4.69, 9.17) is 11.3 Å². The SMILES string of the molecule is CC.CC(=N)/C(C)=N\N. The average molecular weight is 129 g/mol. The van der Waals surface area contributed by atoms with Crippen molar-refractivity contribution in [1.29, 1.82) is 5.41 Å². The summed E-state index contributed by atoms with van der Waals surface area (Å²) < 4.78 is 0. The lowest BCUT2D eigenvalue weighted by Gasteiger charge is -1.87. The van der Waals surface area contributed by atoms with Crippen molar-refractivity contribution in [3.05, 3.63) is 0 Å². The number of rotatable bonds is 1. The minimum absolute atomic E-state index is 0.419. The van der Waals surface area contributed by atoms with Gasteiger partial charge in [0.2, 0.25) is 0 Å². The maximum Gasteiger partial charge on any atom is 0.0773 e. The van der Waals surface area contributed by atoms with Gasteiger partial charge in [0.1, 0.15) is 0 Å². The summed E-state index contributed by atoms with van der Waals surface area (Å²) in [6.45, 7) is 7.34. The van der Waals surface area contributed by atoms with Gasteiger partial charge in [0, 0.05) is 0 Å². The first-order valence-electron chi connectivity index (χ1n) is 2.98. The summed E-state index contributed by atoms with van der Waals surface area (Å²) in [6.07, 6.45) is 0. The van der Waals surface area contributed by atoms with Crippen LogP contribution >= 0.6 is 0 Å². The van der Waals surface area contributed by atoms with E-state index >= 15 is 0 Å². The van der Waals surface area contributed by atoms with Gasteiger partial charge >= 0.3 is 0 Å². The molecule has 3 heteroatoms. The molecule has 0 unspecified atom stereocenters. The normalized spacial score (nSPS) is 9.56. The van der Waals surface area contributed by atoms with Gasteiger partial charge in [0.05, 0.1) is 11.4 Å². The molecule has 0 aromatic heterocycles. The molecule has 0 heterocycles. The molecule has 54 valence electrons. The van der Waals surface area contributed by atoms with Crippen LogP contribution in [0.1, 0.15) is 27.7 Å². The highest BCUT2D eigenvalue weighted by atomic mass is 15.1. The van der Waals surface area contributed by atoms with Crippen molar-refractivity contribution in [2.45, 2.75) is 27.7 Å². The van der Waals surface area contributed by atoms with Crippen LogP contribution in [0.25, 0.3) is 0 Å². The zero-order valence-corrected chi connectivity index (χ0v) is 6.52. The Labute approximate surface area is 56.5 Å². The van der Waals surface area contributed by atoms with Crippen LogP contribution in [0.4, 0.5) is 0 Å². The Hall–Kier alpha value is -0.860. The van der Waals surface area contributed by atoms with E-state index in [1.165, 1.54) is 0 Å². The van der Waals surface area contributed by atoms with Gasteiger partial charge in [0.15, 0.2) is 0 Å². The second kappa shape index (κ2) is 7.14. The van der Waals surface area contributed by atoms with E-state index in [0.29, 0.717) is 11.4 Å². The molecule has 0 radical (unpaired) electrons. The topological polar surface area (TPSA) is 62.2 Å². The van der Waals surface area contributed by atoms with Crippen LogP contribution in [0.2, 0.25) is 0 Å². The summed E-state index contributed by atoms with van der Waals surface area (Å²) in [6, 6.07) is 0. The van der Waals surface area contributed by atoms with Gasteiger partial charge < -0.3 is 11.3 Å². The third-order valence-electron chi connectivity index (χ3n) is 0.736. The molecule has 0 aliphatic heterocycles. The number of hydrogen-bond donors (Lipinski definition) is 2. The Morgan fingerprint density at radius 1 is 1.33 bits per heavy atom. The number of hydrazone groups is 1. The Morgan fingerprint density at radius 2 is 1.67 bits per heavy atom. The van der Waals surface area contributed by atoms with Crippen LogP contribution in [0, 0.1) is 5.41 Å². The smallest absolute Gasteiger partial charge is 0.0773 e. The molecule has 3 N–H and O–H groups in total. The van der Waals surface area contributed by atoms with Crippen LogP contribution < -0.4 is 5.84 Å². The Morgan fingerprint density at radius 3 is 1.67 bits per heavy atom. The fourth-order valence-corrected chi connectivity index (χ4v) is 0.0968. The summed E-state index contributed by atoms with van der Waals surface area (Å²) in [7, 11) is 0. The van der Waals surface area contributed by atoms with Crippen molar-refractivity contribution in [3.63, 3.8) is 0 Å². The van der Waals surface area contributed by atoms with Gasteiger partial charge in [-0.25, -0.2) is 0 Å². The Kier molecular flexibility index (Phi) is 8.73. The van der Waals surface area contributed by atoms with Gasteiger partial charge in [-0.15, -0.1) is 0 Å². The predicted molar refractivity (Wildman–Crippen MR) is 42.0 cm³/mol. The molecule has 0 aliphatic rings. The van der Waals surface area contributed by atoms with Crippen LogP contribution in [0.15, 0.2) is 5.10 Å². The van der Waals surface area contributed by atoms with E-state index in [1.54, 1.807) is 13.8 Å². The van der Waals surface area contributed by atoms with Crippen LogP contribution in [-0.4, -0.2) is 11.4 Å². The summed E-state index contributed by atoms with van der Waals surface area (Å²) >= 11 is 0. The van der Waals surface area contributed by atoms with Crippen LogP contribution in [0.3, 0.4) is 0 Å². The van der Waals surface area contributed by atoms with Crippen LogP contribution in [-0.2, 0) is 0 Å². The van der Waals surface area contributed by atoms with Gasteiger partial charge in [-0.3, -0.25) is 0 Å². The fourth-order valence-electron chi connectivity index (χ4n) is 0.0968. The lowest BCUT2D eigenvalue weighted by atomic mass is 10.3. The second-order valence-corrected chi connectivity index (χ2v) is 1.34. The minimum Gasteiger partial charge on any atom is -0.323 e. The quantitative estimate of drug-likeness (QED) is 0.313. The van der Waals surface area contributed by atoms with Crippen LogP contribution in [0.5, 0.6) is 0 Å². The van der Waals surface area contributed by atoms with E-state index in [-0.39, 0.29) is 0 Å². The lowest BCUT2D eigenvalue weighted by molar-refractivity contribution is 1.24. The zero-order valence-electron chi connectivity index (χ0n) is 6.52. The molecule has 0 aliphatic carbocycles. The molecule has 0 fully saturated rings. The summed E-state index contributed by atoms with van der Waals surface area (Å²) in [5.74, 6) is 4.82. The van der Waals surface area contributed by atoms with Crippen molar-refractivity contribution in [1.82, 2.24) is 0 Å². The lowest BCUT2D eigenvalue weighted by Crippen LogP contribution is -2.05. The van der Waals surface area contributed by atoms with Gasteiger partial charge in [-0.05, 0) is 13.8 Å². The molecule has 0 aromatic rings. The van der Waals surface area contributed by atoms with Gasteiger partial charge in [-0.2, -0.15) is 5.10 Å². The molecule has 3 nitrogen and oxygen atoms in total. The highest BCUT2D eigenvalue weighted by molar-refractivity contribution is 6.39. The maximum absolute atomic E-state index is 6.89. The summed E-state index contributed by atoms with van der Waals surface area (Å²) in [5.41, 5.74) is 1.00. The summed E-state index contributed by atoms with van der Waals surface area (Å²) in [4.78, 5) is 0. The van der Waals surface area contributed by atoms with E-state index in [2.05, 4.69) is 5.10 Å². The molecule has 0 aromatic carbocycles. The number of nitrogens with one attached hydrogen (secondary N) is 1. The van der Waals surface area contributed by atoms with Gasteiger partial charge in [-0.1, -0.05) is 13.8 Å². The molecule has 0 amide bonds. The molecule has 0 saturated carbocycles. The first-order valence-corrected chi connectivity index (χ1v) is 2.98. The fraction of sp³-hybridized carbons (Fsp3) is 0.667. The van der Waals surface area contributed by atoms with E-state index < -0.39 is 0 Å². The van der Waals surface area contributed by atoms with Crippen molar-refractivity contribution >= 4 is 11.4 Å². The zero-order chi connectivity index (χ0) is 7.86. The Bertz CT molecular complexity index is 105. The van der Waals surface area contributed by atoms with Crippen molar-refractivity contribution in [2.75, 3.05) is 0 Å². The number of nitrogens with zero attached hydrogens (tertiary/aromatic N) is 1. The van der Waals surface area contributed by atoms with E-state index in [1.807, 2.05) is 13.8 Å². The molecule has 0 bridgehead atoms. The van der Waals surface area contributed by atoms with Crippen molar-refractivity contribution in [2.24, 2.45) is 10.9 Å². The Balaban J connectivity index is 0. The molecule has 9 heavy (non-hydrogen) atoms. The molecule has 0 rings (SSSR count). The largest absolute Gasteiger partial charge is 0.323 e. The van der Waals surface area contributed by atoms with Crippen molar-refractivity contribution < 1.29 is 0 Å². The first kappa shape index (κ1) is 11.0. The maximum atomic E-state index is 6.89. The van der Waals surface area contributed by atoms with Gasteiger partial charge in [0.25, 0.3) is 0 Å². The second-order valence-electron chi connectivity index (χ2n) is 1.34. The van der Waals surface area contributed by atoms with E-state index in [0.717, 1.165) is 0 Å². The van der Waals surface area contributed by atoms with E-state index in [9.17, 15) is 0 Å². The minimum atomic E-state index is 0.419. The molecule has 0 spiro atoms. The third kappa shape index (κ3) is 7.14. The van der Waals surface area contributed by atoms with Crippen molar-refractivity contribution in [3.8, 4) is 0 Å². The average Bonchev–Trinajstić information content (AvgIpc) is 1.91. The molecular formula is C6H15N3. The summed E-state index contributed by atoms with van der Waals surface area (Å²) in [5, 5.41) is 10.2. The predicted octanol–water partition coefficient (Wildman–Crippen LogP) is 1.39.